The molecule has 0 aliphatic rings. The van der Waals surface area contributed by atoms with Crippen molar-refractivity contribution < 1.29 is 9.18 Å². The van der Waals surface area contributed by atoms with Gasteiger partial charge in [0.05, 0.1) is 5.54 Å². The molecule has 0 bridgehead atoms. The topological polar surface area (TPSA) is 55.1 Å². The number of carbonyl (C=O) groups excluding carboxylic acids is 1. The van der Waals surface area contributed by atoms with E-state index in [0.717, 1.165) is 0 Å². The number of hydrogen-bond donors (Lipinski definition) is 2. The Bertz CT molecular complexity index is 467. The van der Waals surface area contributed by atoms with Crippen molar-refractivity contribution in [2.75, 3.05) is 6.54 Å². The molecule has 0 spiro atoms. The van der Waals surface area contributed by atoms with Gasteiger partial charge in [-0.05, 0) is 30.9 Å². The summed E-state index contributed by atoms with van der Waals surface area (Å²) in [5.74, 6) is -0.416. The summed E-state index contributed by atoms with van der Waals surface area (Å²) in [6, 6.07) is 6.55. The van der Waals surface area contributed by atoms with Crippen LogP contribution in [0.1, 0.15) is 33.3 Å². The lowest BCUT2D eigenvalue weighted by atomic mass is 9.87. The van der Waals surface area contributed by atoms with E-state index in [2.05, 4.69) is 5.32 Å². The quantitative estimate of drug-likeness (QED) is 0.848. The second-order valence-corrected chi connectivity index (χ2v) is 5.96. The first-order valence-corrected chi connectivity index (χ1v) is 7.05. The minimum atomic E-state index is -0.430. The maximum atomic E-state index is 13.6. The molecule has 0 saturated carbocycles. The highest BCUT2D eigenvalue weighted by Gasteiger charge is 2.30. The number of nitrogens with one attached hydrogen (secondary N) is 1. The molecule has 0 saturated heterocycles. The van der Waals surface area contributed by atoms with Crippen LogP contribution >= 0.6 is 12.4 Å². The Labute approximate surface area is 132 Å². The van der Waals surface area contributed by atoms with Crippen LogP contribution in [-0.4, -0.2) is 18.0 Å². The van der Waals surface area contributed by atoms with Crippen LogP contribution < -0.4 is 11.1 Å². The highest BCUT2D eigenvalue weighted by atomic mass is 35.5. The standard InChI is InChI=1S/C16H25FN2O.ClH/c1-11(2)16(4,10-18)19-15(20)12(3)9-13-7-5-6-8-14(13)17;/h5-8,11-12H,9-10,18H2,1-4H3,(H,19,20);1H. The highest BCUT2D eigenvalue weighted by Crippen LogP contribution is 2.18. The van der Waals surface area contributed by atoms with Crippen molar-refractivity contribution in [3.63, 3.8) is 0 Å². The van der Waals surface area contributed by atoms with Gasteiger partial charge in [0.1, 0.15) is 5.82 Å². The van der Waals surface area contributed by atoms with Crippen molar-refractivity contribution in [2.24, 2.45) is 17.6 Å². The van der Waals surface area contributed by atoms with E-state index >= 15 is 0 Å². The first-order valence-electron chi connectivity index (χ1n) is 7.05. The summed E-state index contributed by atoms with van der Waals surface area (Å²) in [5.41, 5.74) is 5.89. The van der Waals surface area contributed by atoms with Crippen LogP contribution in [0.2, 0.25) is 0 Å². The Kier molecular flexibility index (Phi) is 7.90. The van der Waals surface area contributed by atoms with Crippen molar-refractivity contribution in [3.05, 3.63) is 35.6 Å². The van der Waals surface area contributed by atoms with Gasteiger partial charge in [0.15, 0.2) is 0 Å². The SMILES string of the molecule is CC(Cc1ccccc1F)C(=O)NC(C)(CN)C(C)C.Cl. The number of hydrogen-bond acceptors (Lipinski definition) is 2. The molecule has 2 atom stereocenters. The van der Waals surface area contributed by atoms with Crippen LogP contribution in [0, 0.1) is 17.7 Å². The summed E-state index contributed by atoms with van der Waals surface area (Å²) in [7, 11) is 0. The van der Waals surface area contributed by atoms with Crippen molar-refractivity contribution in [1.29, 1.82) is 0 Å². The van der Waals surface area contributed by atoms with Gasteiger partial charge in [-0.25, -0.2) is 4.39 Å². The number of halogens is 2. The Hall–Kier alpha value is -1.13. The predicted molar refractivity (Wildman–Crippen MR) is 87.0 cm³/mol. The average Bonchev–Trinajstić information content (AvgIpc) is 2.40. The van der Waals surface area contributed by atoms with E-state index < -0.39 is 5.54 Å². The summed E-state index contributed by atoms with van der Waals surface area (Å²) < 4.78 is 13.6. The van der Waals surface area contributed by atoms with E-state index in [1.807, 2.05) is 20.8 Å². The van der Waals surface area contributed by atoms with Crippen LogP contribution in [0.3, 0.4) is 0 Å². The van der Waals surface area contributed by atoms with Crippen molar-refractivity contribution in [1.82, 2.24) is 5.32 Å². The van der Waals surface area contributed by atoms with E-state index in [1.165, 1.54) is 6.07 Å². The molecule has 3 N–H and O–H groups in total. The summed E-state index contributed by atoms with van der Waals surface area (Å²) in [5, 5.41) is 3.00. The largest absolute Gasteiger partial charge is 0.349 e. The van der Waals surface area contributed by atoms with E-state index in [4.69, 9.17) is 5.73 Å². The van der Waals surface area contributed by atoms with E-state index in [-0.39, 0.29) is 36.0 Å². The highest BCUT2D eigenvalue weighted by molar-refractivity contribution is 5.85. The molecule has 0 heterocycles. The van der Waals surface area contributed by atoms with Gasteiger partial charge in [0, 0.05) is 12.5 Å². The molecule has 1 amide bonds. The fraction of sp³-hybridized carbons (Fsp3) is 0.562. The van der Waals surface area contributed by atoms with Crippen LogP contribution in [-0.2, 0) is 11.2 Å². The molecule has 0 fully saturated rings. The van der Waals surface area contributed by atoms with Gasteiger partial charge >= 0.3 is 0 Å². The first-order chi connectivity index (χ1) is 9.30. The van der Waals surface area contributed by atoms with Gasteiger partial charge < -0.3 is 11.1 Å². The van der Waals surface area contributed by atoms with Crippen LogP contribution in [0.4, 0.5) is 4.39 Å². The van der Waals surface area contributed by atoms with Crippen molar-refractivity contribution in [3.8, 4) is 0 Å². The van der Waals surface area contributed by atoms with Crippen LogP contribution in [0.15, 0.2) is 24.3 Å². The smallest absolute Gasteiger partial charge is 0.223 e. The summed E-state index contributed by atoms with van der Waals surface area (Å²) >= 11 is 0. The molecule has 1 aromatic carbocycles. The Morgan fingerprint density at radius 2 is 1.90 bits per heavy atom. The number of rotatable bonds is 6. The van der Waals surface area contributed by atoms with Gasteiger partial charge in [-0.3, -0.25) is 4.79 Å². The van der Waals surface area contributed by atoms with Crippen LogP contribution in [0.25, 0.3) is 0 Å². The number of benzene rings is 1. The third kappa shape index (κ3) is 5.29. The molecule has 5 heteroatoms. The molecule has 0 aliphatic carbocycles. The monoisotopic (exact) mass is 316 g/mol. The maximum absolute atomic E-state index is 13.6. The summed E-state index contributed by atoms with van der Waals surface area (Å²) in [6.45, 7) is 8.16. The fourth-order valence-corrected chi connectivity index (χ4v) is 1.92. The Morgan fingerprint density at radius 1 is 1.33 bits per heavy atom. The number of nitrogens with two attached hydrogens (primary N) is 1. The van der Waals surface area contributed by atoms with E-state index in [0.29, 0.717) is 18.5 Å². The second-order valence-electron chi connectivity index (χ2n) is 5.96. The van der Waals surface area contributed by atoms with E-state index in [1.54, 1.807) is 25.1 Å². The zero-order valence-electron chi connectivity index (χ0n) is 13.2. The normalized spacial score (nSPS) is 15.0. The predicted octanol–water partition coefficient (Wildman–Crippen LogP) is 2.92. The second kappa shape index (κ2) is 8.35. The molecule has 21 heavy (non-hydrogen) atoms. The number of carbonyl (C=O) groups is 1. The molecular weight excluding hydrogens is 291 g/mol. The molecule has 120 valence electrons. The molecule has 1 aromatic rings. The van der Waals surface area contributed by atoms with Crippen LogP contribution in [0.5, 0.6) is 0 Å². The van der Waals surface area contributed by atoms with E-state index in [9.17, 15) is 9.18 Å². The van der Waals surface area contributed by atoms with Gasteiger partial charge in [0.2, 0.25) is 5.91 Å². The summed E-state index contributed by atoms with van der Waals surface area (Å²) in [4.78, 5) is 12.2. The summed E-state index contributed by atoms with van der Waals surface area (Å²) in [6.07, 6.45) is 0.386. The zero-order chi connectivity index (χ0) is 15.3. The molecule has 1 rings (SSSR count). The zero-order valence-corrected chi connectivity index (χ0v) is 14.0. The third-order valence-electron chi connectivity index (χ3n) is 4.04. The molecule has 2 unspecified atom stereocenters. The minimum Gasteiger partial charge on any atom is -0.349 e. The Balaban J connectivity index is 0.00000400. The maximum Gasteiger partial charge on any atom is 0.223 e. The van der Waals surface area contributed by atoms with Gasteiger partial charge in [-0.15, -0.1) is 12.4 Å². The fourth-order valence-electron chi connectivity index (χ4n) is 1.92. The third-order valence-corrected chi connectivity index (χ3v) is 4.04. The lowest BCUT2D eigenvalue weighted by Gasteiger charge is -2.34. The minimum absolute atomic E-state index is 0. The number of amides is 1. The lowest BCUT2D eigenvalue weighted by molar-refractivity contribution is -0.126. The van der Waals surface area contributed by atoms with Gasteiger partial charge in [0.25, 0.3) is 0 Å². The van der Waals surface area contributed by atoms with Crippen molar-refractivity contribution in [2.45, 2.75) is 39.7 Å². The Morgan fingerprint density at radius 3 is 2.38 bits per heavy atom. The van der Waals surface area contributed by atoms with Gasteiger partial charge in [-0.2, -0.15) is 0 Å². The molecule has 0 radical (unpaired) electrons. The molecule has 3 nitrogen and oxygen atoms in total. The van der Waals surface area contributed by atoms with Crippen molar-refractivity contribution >= 4 is 18.3 Å². The molecule has 0 aliphatic heterocycles. The average molecular weight is 317 g/mol. The molecular formula is C16H26ClFN2O. The van der Waals surface area contributed by atoms with Gasteiger partial charge in [-0.1, -0.05) is 39.0 Å². The first kappa shape index (κ1) is 19.9. The molecule has 0 aromatic heterocycles. The lowest BCUT2D eigenvalue weighted by Crippen LogP contribution is -2.56.